The number of hydrogen-bond acceptors (Lipinski definition) is 3. The van der Waals surface area contributed by atoms with E-state index < -0.39 is 0 Å². The first kappa shape index (κ1) is 15.9. The Kier molecular flexibility index (Phi) is 6.61. The number of nitrogens with zero attached hydrogens (tertiary/aromatic N) is 1. The third-order valence-corrected chi connectivity index (χ3v) is 4.66. The van der Waals surface area contributed by atoms with E-state index in [1.165, 1.54) is 19.3 Å². The second kappa shape index (κ2) is 7.46. The van der Waals surface area contributed by atoms with Gasteiger partial charge in [-0.2, -0.15) is 0 Å². The van der Waals surface area contributed by atoms with Crippen molar-refractivity contribution in [1.29, 1.82) is 0 Å². The Balaban J connectivity index is 2.71. The lowest BCUT2D eigenvalue weighted by atomic mass is 9.78. The van der Waals surface area contributed by atoms with Crippen LogP contribution in [0, 0.1) is 0 Å². The molecule has 1 aliphatic rings. The van der Waals surface area contributed by atoms with Gasteiger partial charge in [0, 0.05) is 17.6 Å². The van der Waals surface area contributed by atoms with E-state index >= 15 is 0 Å². The molecule has 3 heteroatoms. The van der Waals surface area contributed by atoms with Crippen LogP contribution in [0.2, 0.25) is 0 Å². The summed E-state index contributed by atoms with van der Waals surface area (Å²) in [4.78, 5) is 2.63. The van der Waals surface area contributed by atoms with Gasteiger partial charge in [-0.05, 0) is 52.1 Å². The summed E-state index contributed by atoms with van der Waals surface area (Å²) < 4.78 is 0. The Morgan fingerprint density at radius 2 is 2.11 bits per heavy atom. The fraction of sp³-hybridized carbons (Fsp3) is 1.00. The molecule has 3 nitrogen and oxygen atoms in total. The molecule has 0 radical (unpaired) electrons. The van der Waals surface area contributed by atoms with Gasteiger partial charge < -0.3 is 10.4 Å². The third kappa shape index (κ3) is 3.69. The molecule has 1 saturated carbocycles. The zero-order valence-electron chi connectivity index (χ0n) is 12.7. The minimum atomic E-state index is -0.0292. The monoisotopic (exact) mass is 256 g/mol. The standard InChI is InChI=1S/C15H32N2O/c1-5-13(4)17(7-3)14-9-8-10-15(11-14,12-18)16-6-2/h13-14,16,18H,5-12H2,1-4H3. The Bertz CT molecular complexity index is 231. The third-order valence-electron chi connectivity index (χ3n) is 4.66. The predicted molar refractivity (Wildman–Crippen MR) is 77.9 cm³/mol. The summed E-state index contributed by atoms with van der Waals surface area (Å²) in [7, 11) is 0. The van der Waals surface area contributed by atoms with Crippen LogP contribution < -0.4 is 5.32 Å². The first-order valence-electron chi connectivity index (χ1n) is 7.74. The molecule has 0 aromatic rings. The smallest absolute Gasteiger partial charge is 0.0613 e. The van der Waals surface area contributed by atoms with Crippen LogP contribution in [0.15, 0.2) is 0 Å². The summed E-state index contributed by atoms with van der Waals surface area (Å²) in [5.74, 6) is 0. The molecule has 0 heterocycles. The normalized spacial score (nSPS) is 30.7. The molecule has 2 N–H and O–H groups in total. The SMILES string of the molecule is CCNC1(CO)CCCC(N(CC)C(C)CC)C1. The maximum atomic E-state index is 9.76. The summed E-state index contributed by atoms with van der Waals surface area (Å²) in [6.07, 6.45) is 5.93. The quantitative estimate of drug-likeness (QED) is 0.734. The van der Waals surface area contributed by atoms with Crippen molar-refractivity contribution in [3.05, 3.63) is 0 Å². The number of aliphatic hydroxyl groups is 1. The highest BCUT2D eigenvalue weighted by Crippen LogP contribution is 2.32. The van der Waals surface area contributed by atoms with Gasteiger partial charge in [0.05, 0.1) is 6.61 Å². The van der Waals surface area contributed by atoms with Crippen LogP contribution >= 0.6 is 0 Å². The number of hydrogen-bond donors (Lipinski definition) is 2. The molecule has 0 aromatic carbocycles. The van der Waals surface area contributed by atoms with Crippen molar-refractivity contribution in [2.45, 2.75) is 77.4 Å². The van der Waals surface area contributed by atoms with E-state index in [4.69, 9.17) is 0 Å². The van der Waals surface area contributed by atoms with Crippen molar-refractivity contribution in [1.82, 2.24) is 10.2 Å². The van der Waals surface area contributed by atoms with E-state index in [2.05, 4.69) is 37.9 Å². The van der Waals surface area contributed by atoms with Gasteiger partial charge in [-0.15, -0.1) is 0 Å². The molecule has 18 heavy (non-hydrogen) atoms. The average molecular weight is 256 g/mol. The number of nitrogens with one attached hydrogen (secondary N) is 1. The van der Waals surface area contributed by atoms with E-state index in [0.29, 0.717) is 12.1 Å². The van der Waals surface area contributed by atoms with Crippen molar-refractivity contribution in [3.63, 3.8) is 0 Å². The summed E-state index contributed by atoms with van der Waals surface area (Å²) >= 11 is 0. The minimum Gasteiger partial charge on any atom is -0.394 e. The van der Waals surface area contributed by atoms with Crippen LogP contribution in [-0.4, -0.2) is 47.3 Å². The first-order chi connectivity index (χ1) is 8.62. The lowest BCUT2D eigenvalue weighted by Crippen LogP contribution is -2.56. The second-order valence-electron chi connectivity index (χ2n) is 5.81. The van der Waals surface area contributed by atoms with Gasteiger partial charge in [-0.3, -0.25) is 4.90 Å². The maximum absolute atomic E-state index is 9.76. The summed E-state index contributed by atoms with van der Waals surface area (Å²) in [5, 5.41) is 13.3. The molecule has 1 rings (SSSR count). The predicted octanol–water partition coefficient (Wildman–Crippen LogP) is 2.39. The van der Waals surface area contributed by atoms with E-state index in [1.807, 2.05) is 0 Å². The maximum Gasteiger partial charge on any atom is 0.0613 e. The fourth-order valence-electron chi connectivity index (χ4n) is 3.51. The Hall–Kier alpha value is -0.120. The second-order valence-corrected chi connectivity index (χ2v) is 5.81. The molecule has 1 aliphatic carbocycles. The molecular formula is C15H32N2O. The van der Waals surface area contributed by atoms with Gasteiger partial charge in [0.1, 0.15) is 0 Å². The Morgan fingerprint density at radius 1 is 1.39 bits per heavy atom. The highest BCUT2D eigenvalue weighted by molar-refractivity contribution is 4.96. The highest BCUT2D eigenvalue weighted by atomic mass is 16.3. The van der Waals surface area contributed by atoms with Crippen LogP contribution in [0.5, 0.6) is 0 Å². The number of likely N-dealkylation sites (N-methyl/N-ethyl adjacent to an activating group) is 1. The first-order valence-corrected chi connectivity index (χ1v) is 7.74. The minimum absolute atomic E-state index is 0.0292. The van der Waals surface area contributed by atoms with E-state index in [-0.39, 0.29) is 12.1 Å². The van der Waals surface area contributed by atoms with Crippen LogP contribution in [-0.2, 0) is 0 Å². The molecule has 1 fully saturated rings. The van der Waals surface area contributed by atoms with Crippen molar-refractivity contribution in [2.24, 2.45) is 0 Å². The van der Waals surface area contributed by atoms with E-state index in [0.717, 1.165) is 25.9 Å². The van der Waals surface area contributed by atoms with E-state index in [1.54, 1.807) is 0 Å². The van der Waals surface area contributed by atoms with Gasteiger partial charge in [-0.25, -0.2) is 0 Å². The van der Waals surface area contributed by atoms with Crippen molar-refractivity contribution >= 4 is 0 Å². The average Bonchev–Trinajstić information content (AvgIpc) is 2.40. The Labute approximate surface area is 113 Å². The van der Waals surface area contributed by atoms with Crippen LogP contribution in [0.1, 0.15) is 59.8 Å². The highest BCUT2D eigenvalue weighted by Gasteiger charge is 2.37. The topological polar surface area (TPSA) is 35.5 Å². The lowest BCUT2D eigenvalue weighted by molar-refractivity contribution is 0.0446. The van der Waals surface area contributed by atoms with Gasteiger partial charge in [0.25, 0.3) is 0 Å². The summed E-state index contributed by atoms with van der Waals surface area (Å²) in [5.41, 5.74) is -0.0292. The van der Waals surface area contributed by atoms with Crippen molar-refractivity contribution < 1.29 is 5.11 Å². The van der Waals surface area contributed by atoms with Crippen LogP contribution in [0.25, 0.3) is 0 Å². The summed E-state index contributed by atoms with van der Waals surface area (Å²) in [6.45, 7) is 11.3. The molecule has 0 aromatic heterocycles. The van der Waals surface area contributed by atoms with Gasteiger partial charge in [0.2, 0.25) is 0 Å². The lowest BCUT2D eigenvalue weighted by Gasteiger charge is -2.46. The molecule has 0 saturated heterocycles. The Morgan fingerprint density at radius 3 is 2.61 bits per heavy atom. The van der Waals surface area contributed by atoms with Gasteiger partial charge in [-0.1, -0.05) is 20.8 Å². The zero-order chi connectivity index (χ0) is 13.6. The molecule has 3 unspecified atom stereocenters. The molecule has 0 spiro atoms. The van der Waals surface area contributed by atoms with E-state index in [9.17, 15) is 5.11 Å². The van der Waals surface area contributed by atoms with Crippen molar-refractivity contribution in [3.8, 4) is 0 Å². The molecular weight excluding hydrogens is 224 g/mol. The van der Waals surface area contributed by atoms with Crippen molar-refractivity contribution in [2.75, 3.05) is 19.7 Å². The largest absolute Gasteiger partial charge is 0.394 e. The fourth-order valence-corrected chi connectivity index (χ4v) is 3.51. The van der Waals surface area contributed by atoms with Crippen LogP contribution in [0.4, 0.5) is 0 Å². The number of aliphatic hydroxyl groups excluding tert-OH is 1. The number of rotatable bonds is 7. The van der Waals surface area contributed by atoms with Gasteiger partial charge in [0.15, 0.2) is 0 Å². The molecule has 108 valence electrons. The summed E-state index contributed by atoms with van der Waals surface area (Å²) in [6, 6.07) is 1.28. The molecule has 0 bridgehead atoms. The van der Waals surface area contributed by atoms with Crippen LogP contribution in [0.3, 0.4) is 0 Å². The van der Waals surface area contributed by atoms with Gasteiger partial charge >= 0.3 is 0 Å². The molecule has 3 atom stereocenters. The zero-order valence-corrected chi connectivity index (χ0v) is 12.7. The molecule has 0 amide bonds. The molecule has 0 aliphatic heterocycles.